The van der Waals surface area contributed by atoms with E-state index >= 15 is 0 Å². The Labute approximate surface area is 119 Å². The molecule has 0 saturated heterocycles. The van der Waals surface area contributed by atoms with Gasteiger partial charge in [-0.15, -0.1) is 0 Å². The van der Waals surface area contributed by atoms with E-state index in [9.17, 15) is 10.1 Å². The normalized spacial score (nSPS) is 10.7. The molecule has 7 heteroatoms. The fraction of sp³-hybridized carbons (Fsp3) is 0.0714. The van der Waals surface area contributed by atoms with Crippen molar-refractivity contribution in [3.63, 3.8) is 0 Å². The number of methoxy groups -OCH3 is 1. The van der Waals surface area contributed by atoms with Crippen molar-refractivity contribution in [1.29, 1.82) is 0 Å². The van der Waals surface area contributed by atoms with Crippen LogP contribution in [0.15, 0.2) is 40.8 Å². The highest BCUT2D eigenvalue weighted by molar-refractivity contribution is 5.81. The van der Waals surface area contributed by atoms with Crippen LogP contribution in [-0.2, 0) is 0 Å². The van der Waals surface area contributed by atoms with Gasteiger partial charge in [0.15, 0.2) is 5.58 Å². The van der Waals surface area contributed by atoms with Gasteiger partial charge < -0.3 is 14.9 Å². The number of rotatable bonds is 3. The lowest BCUT2D eigenvalue weighted by atomic mass is 10.1. The molecule has 21 heavy (non-hydrogen) atoms. The Morgan fingerprint density at radius 2 is 2.10 bits per heavy atom. The molecule has 0 aliphatic carbocycles. The quantitative estimate of drug-likeness (QED) is 0.450. The van der Waals surface area contributed by atoms with Crippen LogP contribution in [0.25, 0.3) is 22.6 Å². The van der Waals surface area contributed by atoms with Crippen molar-refractivity contribution >= 4 is 22.5 Å². The number of nitro benzene ring substituents is 1. The summed E-state index contributed by atoms with van der Waals surface area (Å²) in [7, 11) is 1.56. The van der Waals surface area contributed by atoms with Gasteiger partial charge in [-0.3, -0.25) is 10.1 Å². The van der Waals surface area contributed by atoms with E-state index in [2.05, 4.69) is 4.98 Å². The number of nitrogens with zero attached hydrogens (tertiary/aromatic N) is 2. The topological polar surface area (TPSA) is 104 Å². The van der Waals surface area contributed by atoms with Gasteiger partial charge in [-0.2, -0.15) is 0 Å². The van der Waals surface area contributed by atoms with Gasteiger partial charge in [-0.05, 0) is 18.2 Å². The minimum Gasteiger partial charge on any atom is -0.497 e. The first-order chi connectivity index (χ1) is 10.1. The summed E-state index contributed by atoms with van der Waals surface area (Å²) in [6.45, 7) is 0. The van der Waals surface area contributed by atoms with E-state index in [0.717, 1.165) is 0 Å². The summed E-state index contributed by atoms with van der Waals surface area (Å²) >= 11 is 0. The van der Waals surface area contributed by atoms with Gasteiger partial charge in [0.1, 0.15) is 11.3 Å². The lowest BCUT2D eigenvalue weighted by Gasteiger charge is -2.00. The number of hydrogen-bond acceptors (Lipinski definition) is 6. The molecule has 2 N–H and O–H groups in total. The molecule has 106 valence electrons. The predicted molar refractivity (Wildman–Crippen MR) is 77.1 cm³/mol. The molecule has 0 unspecified atom stereocenters. The average Bonchev–Trinajstić information content (AvgIpc) is 2.89. The van der Waals surface area contributed by atoms with Crippen LogP contribution in [0, 0.1) is 10.1 Å². The van der Waals surface area contributed by atoms with E-state index in [-0.39, 0.29) is 11.4 Å². The van der Waals surface area contributed by atoms with Gasteiger partial charge in [0.05, 0.1) is 23.3 Å². The zero-order chi connectivity index (χ0) is 15.0. The smallest absolute Gasteiger partial charge is 0.271 e. The van der Waals surface area contributed by atoms with Gasteiger partial charge >= 0.3 is 0 Å². The third kappa shape index (κ3) is 2.25. The molecule has 0 spiro atoms. The summed E-state index contributed by atoms with van der Waals surface area (Å²) in [6.07, 6.45) is 0. The van der Waals surface area contributed by atoms with E-state index in [0.29, 0.717) is 28.3 Å². The van der Waals surface area contributed by atoms with Crippen LogP contribution in [0.5, 0.6) is 5.75 Å². The summed E-state index contributed by atoms with van der Waals surface area (Å²) in [5, 5.41) is 10.7. The number of nitrogen functional groups attached to an aromatic ring is 1. The maximum atomic E-state index is 10.7. The van der Waals surface area contributed by atoms with Crippen LogP contribution in [0.3, 0.4) is 0 Å². The largest absolute Gasteiger partial charge is 0.497 e. The molecule has 0 bridgehead atoms. The Morgan fingerprint density at radius 3 is 2.76 bits per heavy atom. The van der Waals surface area contributed by atoms with E-state index in [4.69, 9.17) is 14.9 Å². The molecule has 1 aromatic heterocycles. The Hall–Kier alpha value is -3.09. The number of anilines is 1. The number of fused-ring (bicyclic) bond motifs is 1. The highest BCUT2D eigenvalue weighted by Gasteiger charge is 2.15. The van der Waals surface area contributed by atoms with Gasteiger partial charge in [0.25, 0.3) is 5.69 Å². The second kappa shape index (κ2) is 4.78. The molecular weight excluding hydrogens is 274 g/mol. The number of oxazole rings is 1. The Balaban J connectivity index is 2.09. The van der Waals surface area contributed by atoms with E-state index in [1.54, 1.807) is 25.3 Å². The van der Waals surface area contributed by atoms with Crippen molar-refractivity contribution in [2.24, 2.45) is 0 Å². The van der Waals surface area contributed by atoms with E-state index < -0.39 is 4.92 Å². The number of nitrogens with two attached hydrogens (primary N) is 1. The summed E-state index contributed by atoms with van der Waals surface area (Å²) in [5.41, 5.74) is 7.73. The second-order valence-corrected chi connectivity index (χ2v) is 4.38. The molecule has 0 radical (unpaired) electrons. The SMILES string of the molecule is COc1ccc2nc(-c3ccc([N+](=O)[O-])cc3N)oc2c1. The van der Waals surface area contributed by atoms with Gasteiger partial charge in [-0.25, -0.2) is 4.98 Å². The first-order valence-corrected chi connectivity index (χ1v) is 6.07. The number of ether oxygens (including phenoxy) is 1. The van der Waals surface area contributed by atoms with Crippen LogP contribution in [0.2, 0.25) is 0 Å². The fourth-order valence-corrected chi connectivity index (χ4v) is 2.01. The van der Waals surface area contributed by atoms with Crippen LogP contribution in [-0.4, -0.2) is 17.0 Å². The van der Waals surface area contributed by atoms with Gasteiger partial charge in [0, 0.05) is 18.2 Å². The van der Waals surface area contributed by atoms with Crippen molar-refractivity contribution in [2.75, 3.05) is 12.8 Å². The zero-order valence-corrected chi connectivity index (χ0v) is 11.1. The molecule has 0 fully saturated rings. The average molecular weight is 285 g/mol. The summed E-state index contributed by atoms with van der Waals surface area (Å²) < 4.78 is 10.8. The summed E-state index contributed by atoms with van der Waals surface area (Å²) in [5.74, 6) is 0.965. The maximum absolute atomic E-state index is 10.7. The first kappa shape index (κ1) is 12.9. The first-order valence-electron chi connectivity index (χ1n) is 6.07. The summed E-state index contributed by atoms with van der Waals surface area (Å²) in [4.78, 5) is 14.5. The predicted octanol–water partition coefficient (Wildman–Crippen LogP) is 2.99. The van der Waals surface area contributed by atoms with Crippen molar-refractivity contribution < 1.29 is 14.1 Å². The number of hydrogen-bond donors (Lipinski definition) is 1. The number of benzene rings is 2. The molecule has 1 heterocycles. The molecule has 0 atom stereocenters. The lowest BCUT2D eigenvalue weighted by Crippen LogP contribution is -1.94. The lowest BCUT2D eigenvalue weighted by molar-refractivity contribution is -0.384. The number of nitro groups is 1. The van der Waals surface area contributed by atoms with Crippen molar-refractivity contribution in [3.8, 4) is 17.2 Å². The van der Waals surface area contributed by atoms with Crippen molar-refractivity contribution in [3.05, 3.63) is 46.5 Å². The highest BCUT2D eigenvalue weighted by Crippen LogP contribution is 2.32. The van der Waals surface area contributed by atoms with Gasteiger partial charge in [-0.1, -0.05) is 0 Å². The Kier molecular flexibility index (Phi) is 2.94. The molecule has 2 aromatic carbocycles. The van der Waals surface area contributed by atoms with Crippen LogP contribution < -0.4 is 10.5 Å². The molecule has 7 nitrogen and oxygen atoms in total. The zero-order valence-electron chi connectivity index (χ0n) is 11.1. The van der Waals surface area contributed by atoms with E-state index in [1.807, 2.05) is 0 Å². The fourth-order valence-electron chi connectivity index (χ4n) is 2.01. The minimum absolute atomic E-state index is 0.0750. The summed E-state index contributed by atoms with van der Waals surface area (Å²) in [6, 6.07) is 9.42. The molecule has 0 aliphatic heterocycles. The van der Waals surface area contributed by atoms with Crippen LogP contribution >= 0.6 is 0 Å². The van der Waals surface area contributed by atoms with Crippen LogP contribution in [0.4, 0.5) is 11.4 Å². The molecule has 0 amide bonds. The molecule has 0 aliphatic rings. The number of non-ortho nitro benzene ring substituents is 1. The standard InChI is InChI=1S/C14H11N3O4/c1-20-9-3-5-12-13(7-9)21-14(16-12)10-4-2-8(17(18)19)6-11(10)15/h2-7H,15H2,1H3. The third-order valence-electron chi connectivity index (χ3n) is 3.07. The third-order valence-corrected chi connectivity index (χ3v) is 3.07. The minimum atomic E-state index is -0.503. The monoisotopic (exact) mass is 285 g/mol. The van der Waals surface area contributed by atoms with E-state index in [1.165, 1.54) is 18.2 Å². The van der Waals surface area contributed by atoms with Gasteiger partial charge in [0.2, 0.25) is 5.89 Å². The number of aromatic nitrogens is 1. The Bertz CT molecular complexity index is 841. The maximum Gasteiger partial charge on any atom is 0.271 e. The Morgan fingerprint density at radius 1 is 1.29 bits per heavy atom. The molecule has 3 rings (SSSR count). The molecule has 0 saturated carbocycles. The molecule has 3 aromatic rings. The van der Waals surface area contributed by atoms with Crippen molar-refractivity contribution in [1.82, 2.24) is 4.98 Å². The second-order valence-electron chi connectivity index (χ2n) is 4.38. The molecular formula is C14H11N3O4. The van der Waals surface area contributed by atoms with Crippen LogP contribution in [0.1, 0.15) is 0 Å². The highest BCUT2D eigenvalue weighted by atomic mass is 16.6. The van der Waals surface area contributed by atoms with Crippen molar-refractivity contribution in [2.45, 2.75) is 0 Å².